The van der Waals surface area contributed by atoms with Gasteiger partial charge in [-0.2, -0.15) is 0 Å². The Bertz CT molecular complexity index is 1020. The molecule has 1 saturated carbocycles. The number of benzene rings is 1. The maximum Gasteiger partial charge on any atom is 0.230 e. The second-order valence-corrected chi connectivity index (χ2v) is 9.49. The number of hydrogen-bond donors (Lipinski definition) is 2. The summed E-state index contributed by atoms with van der Waals surface area (Å²) in [6.45, 7) is 1.47. The summed E-state index contributed by atoms with van der Waals surface area (Å²) in [5, 5.41) is 25.2. The topological polar surface area (TPSA) is 110 Å². The lowest BCUT2D eigenvalue weighted by atomic mass is 10.0. The highest BCUT2D eigenvalue weighted by atomic mass is 32.1. The molecule has 1 aliphatic carbocycles. The standard InChI is InChI=1S/C20H22N6O2S2/c1-12(27)21-19-26-24-18(30-19)15-8-7-14(9-15)11-17-23-25-20(29-17)22-16(28)10-13-5-3-2-4-6-13/h2-6,14-15H,7-11H2,1H3,(H,21,26,27)(H,22,25,28)/t14-,15?/m1/s1. The molecule has 0 saturated heterocycles. The molecule has 3 aromatic rings. The summed E-state index contributed by atoms with van der Waals surface area (Å²) >= 11 is 2.89. The molecular formula is C20H22N6O2S2. The van der Waals surface area contributed by atoms with Crippen LogP contribution >= 0.6 is 22.7 Å². The van der Waals surface area contributed by atoms with Crippen molar-refractivity contribution in [2.75, 3.05) is 10.6 Å². The van der Waals surface area contributed by atoms with E-state index in [1.807, 2.05) is 30.3 Å². The van der Waals surface area contributed by atoms with E-state index >= 15 is 0 Å². The fourth-order valence-corrected chi connectivity index (χ4v) is 5.47. The van der Waals surface area contributed by atoms with E-state index in [2.05, 4.69) is 31.0 Å². The number of nitrogens with one attached hydrogen (secondary N) is 2. The first-order valence-corrected chi connectivity index (χ1v) is 11.5. The highest BCUT2D eigenvalue weighted by Gasteiger charge is 2.29. The summed E-state index contributed by atoms with van der Waals surface area (Å²) in [4.78, 5) is 23.3. The van der Waals surface area contributed by atoms with Gasteiger partial charge in [-0.25, -0.2) is 0 Å². The minimum absolute atomic E-state index is 0.0870. The Morgan fingerprint density at radius 3 is 2.57 bits per heavy atom. The van der Waals surface area contributed by atoms with E-state index in [4.69, 9.17) is 0 Å². The molecule has 1 aromatic carbocycles. The van der Waals surface area contributed by atoms with Crippen molar-refractivity contribution >= 4 is 44.8 Å². The zero-order valence-corrected chi connectivity index (χ0v) is 18.1. The summed E-state index contributed by atoms with van der Waals surface area (Å²) in [6.07, 6.45) is 4.33. The first-order valence-electron chi connectivity index (χ1n) is 9.82. The molecule has 0 radical (unpaired) electrons. The van der Waals surface area contributed by atoms with Gasteiger partial charge in [0.15, 0.2) is 0 Å². The van der Waals surface area contributed by atoms with E-state index in [1.165, 1.54) is 29.6 Å². The monoisotopic (exact) mass is 442 g/mol. The van der Waals surface area contributed by atoms with Gasteiger partial charge in [-0.15, -0.1) is 20.4 Å². The Morgan fingerprint density at radius 1 is 1.00 bits per heavy atom. The quantitative estimate of drug-likeness (QED) is 0.578. The summed E-state index contributed by atoms with van der Waals surface area (Å²) in [6, 6.07) is 9.63. The van der Waals surface area contributed by atoms with Crippen molar-refractivity contribution < 1.29 is 9.59 Å². The van der Waals surface area contributed by atoms with Crippen LogP contribution in [0.4, 0.5) is 10.3 Å². The molecule has 0 spiro atoms. The maximum atomic E-state index is 12.2. The van der Waals surface area contributed by atoms with Gasteiger partial charge in [0.05, 0.1) is 6.42 Å². The SMILES string of the molecule is CC(=O)Nc1nnc(C2CC[C@@H](Cc3nnc(NC(=O)Cc4ccccc4)s3)C2)s1. The largest absolute Gasteiger partial charge is 0.301 e. The van der Waals surface area contributed by atoms with Crippen LogP contribution in [-0.2, 0) is 22.4 Å². The van der Waals surface area contributed by atoms with E-state index in [-0.39, 0.29) is 11.8 Å². The van der Waals surface area contributed by atoms with Crippen molar-refractivity contribution in [3.05, 3.63) is 45.9 Å². The molecule has 1 unspecified atom stereocenters. The van der Waals surface area contributed by atoms with Gasteiger partial charge in [-0.05, 0) is 30.7 Å². The van der Waals surface area contributed by atoms with Gasteiger partial charge in [0.1, 0.15) is 10.0 Å². The van der Waals surface area contributed by atoms with Gasteiger partial charge >= 0.3 is 0 Å². The molecule has 0 bridgehead atoms. The second-order valence-electron chi connectivity index (χ2n) is 7.42. The zero-order valence-electron chi connectivity index (χ0n) is 16.5. The van der Waals surface area contributed by atoms with Crippen LogP contribution in [-0.4, -0.2) is 32.2 Å². The van der Waals surface area contributed by atoms with Crippen molar-refractivity contribution in [1.29, 1.82) is 0 Å². The minimum atomic E-state index is -0.134. The van der Waals surface area contributed by atoms with E-state index in [1.54, 1.807) is 0 Å². The molecular weight excluding hydrogens is 420 g/mol. The van der Waals surface area contributed by atoms with E-state index in [0.717, 1.165) is 41.3 Å². The van der Waals surface area contributed by atoms with Crippen LogP contribution in [0, 0.1) is 5.92 Å². The van der Waals surface area contributed by atoms with Crippen LogP contribution < -0.4 is 10.6 Å². The molecule has 4 rings (SSSR count). The number of carbonyl (C=O) groups is 2. The lowest BCUT2D eigenvalue weighted by Gasteiger charge is -2.06. The Balaban J connectivity index is 1.27. The van der Waals surface area contributed by atoms with Crippen LogP contribution in [0.25, 0.3) is 0 Å². The van der Waals surface area contributed by atoms with Crippen LogP contribution in [0.1, 0.15) is 47.7 Å². The van der Waals surface area contributed by atoms with Gasteiger partial charge < -0.3 is 10.6 Å². The summed E-state index contributed by atoms with van der Waals surface area (Å²) in [5.41, 5.74) is 0.968. The highest BCUT2D eigenvalue weighted by molar-refractivity contribution is 7.15. The molecule has 30 heavy (non-hydrogen) atoms. The average Bonchev–Trinajstić information content (AvgIpc) is 3.44. The van der Waals surface area contributed by atoms with Crippen LogP contribution in [0.3, 0.4) is 0 Å². The normalized spacial score (nSPS) is 18.3. The highest BCUT2D eigenvalue weighted by Crippen LogP contribution is 2.41. The molecule has 2 atom stereocenters. The third-order valence-electron chi connectivity index (χ3n) is 5.00. The third-order valence-corrected chi connectivity index (χ3v) is 6.86. The second kappa shape index (κ2) is 9.40. The number of hydrogen-bond acceptors (Lipinski definition) is 8. The number of amides is 2. The number of aromatic nitrogens is 4. The number of carbonyl (C=O) groups excluding carboxylic acids is 2. The average molecular weight is 443 g/mol. The molecule has 2 aromatic heterocycles. The predicted octanol–water partition coefficient (Wildman–Crippen LogP) is 3.66. The number of anilines is 2. The van der Waals surface area contributed by atoms with Crippen molar-refractivity contribution in [2.45, 2.75) is 44.9 Å². The molecule has 0 aliphatic heterocycles. The Hall–Kier alpha value is -2.72. The lowest BCUT2D eigenvalue weighted by molar-refractivity contribution is -0.116. The van der Waals surface area contributed by atoms with Crippen LogP contribution in [0.5, 0.6) is 0 Å². The maximum absolute atomic E-state index is 12.2. The Labute approximate surface area is 182 Å². The van der Waals surface area contributed by atoms with E-state index in [9.17, 15) is 9.59 Å². The molecule has 1 aliphatic rings. The number of nitrogens with zero attached hydrogens (tertiary/aromatic N) is 4. The fraction of sp³-hybridized carbons (Fsp3) is 0.400. The molecule has 2 amide bonds. The summed E-state index contributed by atoms with van der Waals surface area (Å²) in [5.74, 6) is 0.651. The number of rotatable bonds is 7. The van der Waals surface area contributed by atoms with Gasteiger partial charge in [0.25, 0.3) is 0 Å². The summed E-state index contributed by atoms with van der Waals surface area (Å²) < 4.78 is 0. The lowest BCUT2D eigenvalue weighted by Crippen LogP contribution is -2.14. The molecule has 156 valence electrons. The Kier molecular flexibility index (Phi) is 6.44. The predicted molar refractivity (Wildman–Crippen MR) is 117 cm³/mol. The van der Waals surface area contributed by atoms with Gasteiger partial charge in [-0.3, -0.25) is 9.59 Å². The Morgan fingerprint density at radius 2 is 1.77 bits per heavy atom. The molecule has 2 heterocycles. The van der Waals surface area contributed by atoms with E-state index < -0.39 is 0 Å². The molecule has 1 fully saturated rings. The van der Waals surface area contributed by atoms with Crippen molar-refractivity contribution in [2.24, 2.45) is 5.92 Å². The fourth-order valence-electron chi connectivity index (χ4n) is 3.66. The summed E-state index contributed by atoms with van der Waals surface area (Å²) in [7, 11) is 0. The van der Waals surface area contributed by atoms with Crippen LogP contribution in [0.2, 0.25) is 0 Å². The molecule has 10 heteroatoms. The minimum Gasteiger partial charge on any atom is -0.301 e. The molecule has 8 nitrogen and oxygen atoms in total. The van der Waals surface area contributed by atoms with Gasteiger partial charge in [-0.1, -0.05) is 53.0 Å². The van der Waals surface area contributed by atoms with Crippen molar-refractivity contribution in [3.8, 4) is 0 Å². The van der Waals surface area contributed by atoms with Crippen molar-refractivity contribution in [1.82, 2.24) is 20.4 Å². The zero-order chi connectivity index (χ0) is 20.9. The molecule has 2 N–H and O–H groups in total. The van der Waals surface area contributed by atoms with Crippen LogP contribution in [0.15, 0.2) is 30.3 Å². The van der Waals surface area contributed by atoms with Gasteiger partial charge in [0.2, 0.25) is 22.1 Å². The van der Waals surface area contributed by atoms with Gasteiger partial charge in [0, 0.05) is 19.3 Å². The first kappa shape index (κ1) is 20.5. The first-order chi connectivity index (χ1) is 14.5. The van der Waals surface area contributed by atoms with E-state index in [0.29, 0.717) is 28.5 Å². The third kappa shape index (κ3) is 5.45. The van der Waals surface area contributed by atoms with Crippen molar-refractivity contribution in [3.63, 3.8) is 0 Å². The smallest absolute Gasteiger partial charge is 0.230 e.